The maximum Gasteiger partial charge on any atom is 0.293 e. The third kappa shape index (κ3) is 3.29. The number of rotatable bonds is 4. The lowest BCUT2D eigenvalue weighted by atomic mass is 10.2. The molecule has 6 heteroatoms. The highest BCUT2D eigenvalue weighted by Gasteiger charge is 2.17. The second-order valence-corrected chi connectivity index (χ2v) is 4.98. The number of hydrogen-bond donors (Lipinski definition) is 1. The molecule has 88 valence electrons. The van der Waals surface area contributed by atoms with Crippen molar-refractivity contribution >= 4 is 34.0 Å². The second-order valence-electron chi connectivity index (χ2n) is 3.82. The summed E-state index contributed by atoms with van der Waals surface area (Å²) in [6.07, 6.45) is 0. The van der Waals surface area contributed by atoms with Gasteiger partial charge >= 0.3 is 0 Å². The fourth-order valence-corrected chi connectivity index (χ4v) is 1.59. The minimum atomic E-state index is -0.510. The number of nitro benzene ring substituents is 1. The maximum absolute atomic E-state index is 13.3. The van der Waals surface area contributed by atoms with E-state index in [0.717, 1.165) is 0 Å². The zero-order valence-corrected chi connectivity index (χ0v) is 11.1. The summed E-state index contributed by atoms with van der Waals surface area (Å²) in [5.41, 5.74) is 0.142. The molecule has 0 aromatic heterocycles. The Kier molecular flexibility index (Phi) is 4.45. The molecule has 0 aliphatic carbocycles. The number of benzene rings is 1. The number of anilines is 1. The minimum Gasteiger partial charge on any atom is -0.379 e. The summed E-state index contributed by atoms with van der Waals surface area (Å²) in [5.74, 6) is -0.112. The molecule has 1 rings (SSSR count). The first-order valence-electron chi connectivity index (χ1n) is 4.79. The molecule has 0 fully saturated rings. The normalized spacial score (nSPS) is 10.6. The molecule has 0 saturated heterocycles. The van der Waals surface area contributed by atoms with Gasteiger partial charge in [0.15, 0.2) is 0 Å². The second kappa shape index (κ2) is 5.42. The predicted octanol–water partition coefficient (Wildman–Crippen LogP) is 3.41. The van der Waals surface area contributed by atoms with E-state index in [-0.39, 0.29) is 14.9 Å². The Bertz CT molecular complexity index is 410. The van der Waals surface area contributed by atoms with Crippen LogP contribution in [0.5, 0.6) is 0 Å². The van der Waals surface area contributed by atoms with Gasteiger partial charge in [0.2, 0.25) is 0 Å². The molecule has 0 radical (unpaired) electrons. The van der Waals surface area contributed by atoms with Gasteiger partial charge in [0.05, 0.1) is 8.49 Å². The predicted molar refractivity (Wildman–Crippen MR) is 69.1 cm³/mol. The summed E-state index contributed by atoms with van der Waals surface area (Å²) >= 11 is 1.73. The van der Waals surface area contributed by atoms with E-state index in [4.69, 9.17) is 0 Å². The molecule has 0 atom stereocenters. The minimum absolute atomic E-state index is 0.0912. The SMILES string of the molecule is CC(C)CNc1cc(F)c(I)cc1[N+](=O)[O-]. The maximum atomic E-state index is 13.3. The van der Waals surface area contributed by atoms with Gasteiger partial charge in [0, 0.05) is 18.7 Å². The van der Waals surface area contributed by atoms with Crippen molar-refractivity contribution in [1.82, 2.24) is 0 Å². The molecule has 0 aliphatic heterocycles. The molecule has 1 aromatic carbocycles. The lowest BCUT2D eigenvalue weighted by Gasteiger charge is -2.09. The van der Waals surface area contributed by atoms with E-state index in [9.17, 15) is 14.5 Å². The molecular weight excluding hydrogens is 326 g/mol. The third-order valence-corrected chi connectivity index (χ3v) is 2.76. The van der Waals surface area contributed by atoms with Crippen LogP contribution >= 0.6 is 22.6 Å². The largest absolute Gasteiger partial charge is 0.379 e. The van der Waals surface area contributed by atoms with Crippen LogP contribution in [-0.2, 0) is 0 Å². The third-order valence-electron chi connectivity index (χ3n) is 1.94. The zero-order valence-electron chi connectivity index (χ0n) is 8.96. The molecule has 0 amide bonds. The average Bonchev–Trinajstić information content (AvgIpc) is 2.18. The van der Waals surface area contributed by atoms with Crippen molar-refractivity contribution in [3.8, 4) is 0 Å². The summed E-state index contributed by atoms with van der Waals surface area (Å²) in [6, 6.07) is 2.40. The zero-order chi connectivity index (χ0) is 12.3. The molecule has 0 aliphatic rings. The van der Waals surface area contributed by atoms with Crippen LogP contribution in [0.25, 0.3) is 0 Å². The number of halogens is 2. The van der Waals surface area contributed by atoms with Crippen molar-refractivity contribution in [3.05, 3.63) is 31.6 Å². The molecule has 16 heavy (non-hydrogen) atoms. The van der Waals surface area contributed by atoms with Gasteiger partial charge in [-0.1, -0.05) is 13.8 Å². The van der Waals surface area contributed by atoms with Crippen LogP contribution in [0.2, 0.25) is 0 Å². The molecule has 0 saturated carbocycles. The lowest BCUT2D eigenvalue weighted by Crippen LogP contribution is -2.10. The first-order valence-corrected chi connectivity index (χ1v) is 5.87. The average molecular weight is 338 g/mol. The number of hydrogen-bond acceptors (Lipinski definition) is 3. The Morgan fingerprint density at radius 3 is 2.69 bits per heavy atom. The van der Waals surface area contributed by atoms with Crippen molar-refractivity contribution < 1.29 is 9.31 Å². The van der Waals surface area contributed by atoms with Gasteiger partial charge in [-0.3, -0.25) is 10.1 Å². The van der Waals surface area contributed by atoms with Gasteiger partial charge in [0.1, 0.15) is 11.5 Å². The van der Waals surface area contributed by atoms with Crippen molar-refractivity contribution in [1.29, 1.82) is 0 Å². The Hall–Kier alpha value is -0.920. The van der Waals surface area contributed by atoms with Gasteiger partial charge in [-0.15, -0.1) is 0 Å². The van der Waals surface area contributed by atoms with Gasteiger partial charge < -0.3 is 5.32 Å². The molecule has 4 nitrogen and oxygen atoms in total. The van der Waals surface area contributed by atoms with Crippen LogP contribution in [-0.4, -0.2) is 11.5 Å². The van der Waals surface area contributed by atoms with E-state index >= 15 is 0 Å². The first-order chi connectivity index (χ1) is 7.41. The van der Waals surface area contributed by atoms with Crippen LogP contribution in [0.1, 0.15) is 13.8 Å². The highest BCUT2D eigenvalue weighted by atomic mass is 127. The van der Waals surface area contributed by atoms with Crippen LogP contribution in [0.3, 0.4) is 0 Å². The molecule has 0 heterocycles. The van der Waals surface area contributed by atoms with Crippen molar-refractivity contribution in [2.45, 2.75) is 13.8 Å². The van der Waals surface area contributed by atoms with Gasteiger partial charge in [0.25, 0.3) is 5.69 Å². The van der Waals surface area contributed by atoms with E-state index < -0.39 is 10.7 Å². The number of nitrogens with zero attached hydrogens (tertiary/aromatic N) is 1. The van der Waals surface area contributed by atoms with Crippen LogP contribution in [0.15, 0.2) is 12.1 Å². The van der Waals surface area contributed by atoms with Gasteiger partial charge in [-0.2, -0.15) is 0 Å². The fourth-order valence-electron chi connectivity index (χ4n) is 1.14. The van der Waals surface area contributed by atoms with E-state index in [2.05, 4.69) is 5.32 Å². The van der Waals surface area contributed by atoms with Gasteiger partial charge in [-0.25, -0.2) is 4.39 Å². The summed E-state index contributed by atoms with van der Waals surface area (Å²) in [4.78, 5) is 10.3. The topological polar surface area (TPSA) is 55.2 Å². The Morgan fingerprint density at radius 2 is 2.19 bits per heavy atom. The van der Waals surface area contributed by atoms with Crippen molar-refractivity contribution in [2.75, 3.05) is 11.9 Å². The highest BCUT2D eigenvalue weighted by Crippen LogP contribution is 2.28. The standard InChI is InChI=1S/C10H12FIN2O2/c1-6(2)5-13-9-3-7(11)8(12)4-10(9)14(15)16/h3-4,6,13H,5H2,1-2H3. The molecule has 1 aromatic rings. The van der Waals surface area contributed by atoms with Gasteiger partial charge in [-0.05, 0) is 28.5 Å². The summed E-state index contributed by atoms with van der Waals surface area (Å²) in [6.45, 7) is 4.52. The number of nitro groups is 1. The number of nitrogens with one attached hydrogen (secondary N) is 1. The molecule has 0 unspecified atom stereocenters. The Labute approximate surface area is 107 Å². The van der Waals surface area contributed by atoms with Crippen LogP contribution in [0.4, 0.5) is 15.8 Å². The van der Waals surface area contributed by atoms with E-state index in [0.29, 0.717) is 12.5 Å². The summed E-state index contributed by atoms with van der Waals surface area (Å²) in [7, 11) is 0. The van der Waals surface area contributed by atoms with E-state index in [1.54, 1.807) is 22.6 Å². The molecular formula is C10H12FIN2O2. The monoisotopic (exact) mass is 338 g/mol. The van der Waals surface area contributed by atoms with E-state index in [1.807, 2.05) is 13.8 Å². The van der Waals surface area contributed by atoms with E-state index in [1.165, 1.54) is 12.1 Å². The Morgan fingerprint density at radius 1 is 1.56 bits per heavy atom. The Balaban J connectivity index is 3.05. The smallest absolute Gasteiger partial charge is 0.293 e. The van der Waals surface area contributed by atoms with Crippen LogP contribution in [0, 0.1) is 25.4 Å². The molecule has 1 N–H and O–H groups in total. The molecule has 0 bridgehead atoms. The summed E-state index contributed by atoms with van der Waals surface area (Å²) in [5, 5.41) is 13.6. The first kappa shape index (κ1) is 13.1. The molecule has 0 spiro atoms. The van der Waals surface area contributed by atoms with Crippen LogP contribution < -0.4 is 5.32 Å². The quantitative estimate of drug-likeness (QED) is 0.520. The van der Waals surface area contributed by atoms with Crippen molar-refractivity contribution in [3.63, 3.8) is 0 Å². The highest BCUT2D eigenvalue weighted by molar-refractivity contribution is 14.1. The summed E-state index contributed by atoms with van der Waals surface area (Å²) < 4.78 is 13.5. The lowest BCUT2D eigenvalue weighted by molar-refractivity contribution is -0.384. The van der Waals surface area contributed by atoms with Crippen molar-refractivity contribution in [2.24, 2.45) is 5.92 Å². The fraction of sp³-hybridized carbons (Fsp3) is 0.400.